The largest absolute Gasteiger partial charge is 0.273 e. The molecule has 0 aliphatic heterocycles. The summed E-state index contributed by atoms with van der Waals surface area (Å²) in [4.78, 5) is 23.5. The van der Waals surface area contributed by atoms with E-state index in [0.717, 1.165) is 11.1 Å². The van der Waals surface area contributed by atoms with Crippen molar-refractivity contribution in [2.24, 2.45) is 0 Å². The lowest BCUT2D eigenvalue weighted by molar-refractivity contribution is -0.121. The number of aryl methyl sites for hydroxylation is 2. The van der Waals surface area contributed by atoms with Crippen LogP contribution in [0.5, 0.6) is 0 Å². The maximum Gasteiger partial charge on any atom is 0.269 e. The lowest BCUT2D eigenvalue weighted by Gasteiger charge is -2.07. The summed E-state index contributed by atoms with van der Waals surface area (Å²) in [7, 11) is 0. The third-order valence-corrected chi connectivity index (χ3v) is 3.11. The van der Waals surface area contributed by atoms with Crippen molar-refractivity contribution >= 4 is 11.8 Å². The van der Waals surface area contributed by atoms with Crippen LogP contribution in [0.2, 0.25) is 0 Å². The minimum atomic E-state index is -0.317. The van der Waals surface area contributed by atoms with Gasteiger partial charge < -0.3 is 0 Å². The summed E-state index contributed by atoms with van der Waals surface area (Å²) < 4.78 is 0. The molecule has 0 aromatic heterocycles. The van der Waals surface area contributed by atoms with Crippen molar-refractivity contribution in [3.63, 3.8) is 0 Å². The van der Waals surface area contributed by atoms with Crippen LogP contribution in [0.25, 0.3) is 0 Å². The smallest absolute Gasteiger partial charge is 0.269 e. The fraction of sp³-hybridized carbons (Fsp3) is 0.176. The van der Waals surface area contributed by atoms with E-state index in [1.165, 1.54) is 0 Å². The number of hydrogen-bond donors (Lipinski definition) is 2. The van der Waals surface area contributed by atoms with Crippen LogP contribution in [-0.4, -0.2) is 11.8 Å². The molecule has 0 atom stereocenters. The average molecular weight is 282 g/mol. The van der Waals surface area contributed by atoms with Crippen molar-refractivity contribution in [3.05, 3.63) is 71.3 Å². The second-order valence-electron chi connectivity index (χ2n) is 4.85. The third-order valence-electron chi connectivity index (χ3n) is 3.11. The van der Waals surface area contributed by atoms with Gasteiger partial charge in [-0.3, -0.25) is 20.4 Å². The maximum absolute atomic E-state index is 11.8. The van der Waals surface area contributed by atoms with Crippen LogP contribution in [0.1, 0.15) is 27.9 Å². The van der Waals surface area contributed by atoms with Crippen LogP contribution >= 0.6 is 0 Å². The Bertz CT molecular complexity index is 606. The molecule has 2 amide bonds. The molecule has 0 fully saturated rings. The van der Waals surface area contributed by atoms with Gasteiger partial charge in [-0.15, -0.1) is 0 Å². The molecule has 2 N–H and O–H groups in total. The van der Waals surface area contributed by atoms with Crippen LogP contribution < -0.4 is 10.9 Å². The highest BCUT2D eigenvalue weighted by atomic mass is 16.2. The van der Waals surface area contributed by atoms with Crippen LogP contribution in [0.4, 0.5) is 0 Å². The quantitative estimate of drug-likeness (QED) is 0.846. The summed E-state index contributed by atoms with van der Waals surface area (Å²) in [5.74, 6) is -0.526. The molecule has 0 bridgehead atoms. The van der Waals surface area contributed by atoms with E-state index in [4.69, 9.17) is 0 Å². The highest BCUT2D eigenvalue weighted by Gasteiger charge is 2.07. The van der Waals surface area contributed by atoms with Gasteiger partial charge in [-0.25, -0.2) is 0 Å². The van der Waals surface area contributed by atoms with E-state index in [1.54, 1.807) is 12.1 Å². The standard InChI is InChI=1S/C17H18N2O2/c1-13-7-10-15(11-8-13)17(21)19-18-16(20)12-9-14-5-3-2-4-6-14/h2-8,10-11H,9,12H2,1H3,(H,18,20)(H,19,21). The number of rotatable bonds is 4. The molecule has 2 aromatic rings. The van der Waals surface area contributed by atoms with Crippen molar-refractivity contribution in [2.75, 3.05) is 0 Å². The molecule has 0 spiro atoms. The van der Waals surface area contributed by atoms with Crippen LogP contribution in [0.15, 0.2) is 54.6 Å². The second kappa shape index (κ2) is 7.24. The van der Waals surface area contributed by atoms with Crippen molar-refractivity contribution < 1.29 is 9.59 Å². The second-order valence-corrected chi connectivity index (χ2v) is 4.85. The summed E-state index contributed by atoms with van der Waals surface area (Å²) in [5, 5.41) is 0. The molecule has 108 valence electrons. The molecule has 2 rings (SSSR count). The van der Waals surface area contributed by atoms with Gasteiger partial charge in [-0.1, -0.05) is 48.0 Å². The van der Waals surface area contributed by atoms with Gasteiger partial charge in [0, 0.05) is 12.0 Å². The predicted octanol–water partition coefficient (Wildman–Crippen LogP) is 2.39. The first-order valence-corrected chi connectivity index (χ1v) is 6.85. The van der Waals surface area contributed by atoms with E-state index in [9.17, 15) is 9.59 Å². The van der Waals surface area contributed by atoms with E-state index >= 15 is 0 Å². The SMILES string of the molecule is Cc1ccc(C(=O)NNC(=O)CCc2ccccc2)cc1. The van der Waals surface area contributed by atoms with Gasteiger partial charge in [0.1, 0.15) is 0 Å². The Hall–Kier alpha value is -2.62. The van der Waals surface area contributed by atoms with E-state index in [-0.39, 0.29) is 11.8 Å². The summed E-state index contributed by atoms with van der Waals surface area (Å²) in [6.07, 6.45) is 0.977. The van der Waals surface area contributed by atoms with Gasteiger partial charge in [0.15, 0.2) is 0 Å². The minimum Gasteiger partial charge on any atom is -0.273 e. The highest BCUT2D eigenvalue weighted by Crippen LogP contribution is 2.03. The maximum atomic E-state index is 11.8. The van der Waals surface area contributed by atoms with Crippen LogP contribution in [0, 0.1) is 6.92 Å². The lowest BCUT2D eigenvalue weighted by Crippen LogP contribution is -2.41. The van der Waals surface area contributed by atoms with E-state index in [2.05, 4.69) is 10.9 Å². The Labute approximate surface area is 124 Å². The number of nitrogens with one attached hydrogen (secondary N) is 2. The Balaban J connectivity index is 1.76. The molecular formula is C17H18N2O2. The summed E-state index contributed by atoms with van der Waals surface area (Å²) in [6.45, 7) is 1.95. The molecule has 0 aliphatic rings. The molecule has 21 heavy (non-hydrogen) atoms. The summed E-state index contributed by atoms with van der Waals surface area (Å²) >= 11 is 0. The minimum absolute atomic E-state index is 0.209. The highest BCUT2D eigenvalue weighted by molar-refractivity contribution is 5.95. The molecule has 0 aliphatic carbocycles. The van der Waals surface area contributed by atoms with Gasteiger partial charge in [-0.2, -0.15) is 0 Å². The van der Waals surface area contributed by atoms with Crippen LogP contribution in [0.3, 0.4) is 0 Å². The number of benzene rings is 2. The fourth-order valence-corrected chi connectivity index (χ4v) is 1.87. The number of carbonyl (C=O) groups is 2. The molecular weight excluding hydrogens is 264 g/mol. The number of hydrazine groups is 1. The lowest BCUT2D eigenvalue weighted by atomic mass is 10.1. The van der Waals surface area contributed by atoms with Gasteiger partial charge in [0.25, 0.3) is 5.91 Å². The normalized spacial score (nSPS) is 9.95. The molecule has 0 heterocycles. The molecule has 4 heteroatoms. The number of hydrogen-bond acceptors (Lipinski definition) is 2. The van der Waals surface area contributed by atoms with E-state index < -0.39 is 0 Å². The van der Waals surface area contributed by atoms with Gasteiger partial charge in [0.05, 0.1) is 0 Å². The van der Waals surface area contributed by atoms with Crippen LogP contribution in [-0.2, 0) is 11.2 Å². The van der Waals surface area contributed by atoms with E-state index in [1.807, 2.05) is 49.4 Å². The predicted molar refractivity (Wildman–Crippen MR) is 81.6 cm³/mol. The Morgan fingerprint density at radius 2 is 1.57 bits per heavy atom. The molecule has 0 radical (unpaired) electrons. The molecule has 0 saturated heterocycles. The molecule has 4 nitrogen and oxygen atoms in total. The topological polar surface area (TPSA) is 58.2 Å². The van der Waals surface area contributed by atoms with Crippen molar-refractivity contribution in [3.8, 4) is 0 Å². The monoisotopic (exact) mass is 282 g/mol. The number of carbonyl (C=O) groups excluding carboxylic acids is 2. The van der Waals surface area contributed by atoms with Crippen molar-refractivity contribution in [1.82, 2.24) is 10.9 Å². The fourth-order valence-electron chi connectivity index (χ4n) is 1.87. The Kier molecular flexibility index (Phi) is 5.10. The van der Waals surface area contributed by atoms with Gasteiger partial charge in [-0.05, 0) is 31.0 Å². The summed E-state index contributed by atoms with van der Waals surface area (Å²) in [5.41, 5.74) is 7.54. The van der Waals surface area contributed by atoms with Gasteiger partial charge >= 0.3 is 0 Å². The van der Waals surface area contributed by atoms with Crippen molar-refractivity contribution in [2.45, 2.75) is 19.8 Å². The first kappa shape index (κ1) is 14.8. The molecule has 2 aromatic carbocycles. The molecule has 0 unspecified atom stereocenters. The zero-order chi connectivity index (χ0) is 15.1. The number of amides is 2. The zero-order valence-electron chi connectivity index (χ0n) is 11.9. The van der Waals surface area contributed by atoms with Crippen molar-refractivity contribution in [1.29, 1.82) is 0 Å². The third kappa shape index (κ3) is 4.76. The first-order valence-electron chi connectivity index (χ1n) is 6.85. The zero-order valence-corrected chi connectivity index (χ0v) is 11.9. The Morgan fingerprint density at radius 1 is 0.905 bits per heavy atom. The van der Waals surface area contributed by atoms with Gasteiger partial charge in [0.2, 0.25) is 5.91 Å². The summed E-state index contributed by atoms with van der Waals surface area (Å²) in [6, 6.07) is 16.9. The Morgan fingerprint density at radius 3 is 2.24 bits per heavy atom. The average Bonchev–Trinajstić information content (AvgIpc) is 2.52. The first-order chi connectivity index (χ1) is 10.1. The molecule has 0 saturated carbocycles. The van der Waals surface area contributed by atoms with E-state index in [0.29, 0.717) is 18.4 Å².